The van der Waals surface area contributed by atoms with E-state index in [2.05, 4.69) is 0 Å². The lowest BCUT2D eigenvalue weighted by Gasteiger charge is -2.12. The third kappa shape index (κ3) is 4.62. The number of ether oxygens (including phenoxy) is 1. The minimum absolute atomic E-state index is 0.134. The zero-order chi connectivity index (χ0) is 7.98. The number of hydrogen-bond acceptors (Lipinski definition) is 1. The van der Waals surface area contributed by atoms with Gasteiger partial charge in [0.05, 0.1) is 5.38 Å². The van der Waals surface area contributed by atoms with Crippen LogP contribution in [0.1, 0.15) is 12.8 Å². The average molecular weight is 206 g/mol. The van der Waals surface area contributed by atoms with E-state index >= 15 is 0 Å². The van der Waals surface area contributed by atoms with Crippen molar-refractivity contribution in [2.24, 2.45) is 0 Å². The van der Waals surface area contributed by atoms with Crippen molar-refractivity contribution in [3.8, 4) is 0 Å². The Balaban J connectivity index is 3.31. The standard InChI is InChI=1S/C6H11Cl3O/c1-10-6(9)5(8)3-2-4-7/h5-6H,2-4H2,1H3. The smallest absolute Gasteiger partial charge is 0.147 e. The summed E-state index contributed by atoms with van der Waals surface area (Å²) in [5.41, 5.74) is -0.398. The summed E-state index contributed by atoms with van der Waals surface area (Å²) >= 11 is 16.9. The van der Waals surface area contributed by atoms with Crippen LogP contribution in [0.15, 0.2) is 0 Å². The molecule has 0 fully saturated rings. The molecule has 0 bridgehead atoms. The maximum absolute atomic E-state index is 5.79. The Morgan fingerprint density at radius 1 is 1.40 bits per heavy atom. The summed E-state index contributed by atoms with van der Waals surface area (Å²) in [7, 11) is 1.54. The number of methoxy groups -OCH3 is 1. The Bertz CT molecular complexity index is 79.4. The first-order chi connectivity index (χ1) is 4.72. The maximum Gasteiger partial charge on any atom is 0.147 e. The van der Waals surface area contributed by atoms with Crippen LogP contribution in [0.25, 0.3) is 0 Å². The van der Waals surface area contributed by atoms with Crippen molar-refractivity contribution < 1.29 is 4.74 Å². The van der Waals surface area contributed by atoms with Crippen molar-refractivity contribution >= 4 is 34.8 Å². The van der Waals surface area contributed by atoms with E-state index in [1.165, 1.54) is 7.11 Å². The van der Waals surface area contributed by atoms with Gasteiger partial charge in [0.1, 0.15) is 5.56 Å². The van der Waals surface area contributed by atoms with E-state index in [-0.39, 0.29) is 5.38 Å². The van der Waals surface area contributed by atoms with Crippen molar-refractivity contribution in [2.75, 3.05) is 13.0 Å². The van der Waals surface area contributed by atoms with Crippen molar-refractivity contribution in [2.45, 2.75) is 23.8 Å². The Morgan fingerprint density at radius 3 is 2.40 bits per heavy atom. The fraction of sp³-hybridized carbons (Fsp3) is 1.00. The van der Waals surface area contributed by atoms with Crippen LogP contribution >= 0.6 is 34.8 Å². The molecule has 10 heavy (non-hydrogen) atoms. The summed E-state index contributed by atoms with van der Waals surface area (Å²) in [6, 6.07) is 0. The van der Waals surface area contributed by atoms with Crippen molar-refractivity contribution in [3.05, 3.63) is 0 Å². The van der Waals surface area contributed by atoms with E-state index in [0.717, 1.165) is 12.8 Å². The molecule has 0 aliphatic carbocycles. The number of halogens is 3. The topological polar surface area (TPSA) is 9.23 Å². The first kappa shape index (κ1) is 10.8. The van der Waals surface area contributed by atoms with Gasteiger partial charge in [-0.15, -0.1) is 23.2 Å². The molecular weight excluding hydrogens is 194 g/mol. The van der Waals surface area contributed by atoms with Gasteiger partial charge in [-0.3, -0.25) is 0 Å². The number of hydrogen-bond donors (Lipinski definition) is 0. The summed E-state index contributed by atoms with van der Waals surface area (Å²) in [6.07, 6.45) is 1.68. The summed E-state index contributed by atoms with van der Waals surface area (Å²) in [6.45, 7) is 0. The molecular formula is C6H11Cl3O. The van der Waals surface area contributed by atoms with Gasteiger partial charge in [0.2, 0.25) is 0 Å². The van der Waals surface area contributed by atoms with Crippen LogP contribution < -0.4 is 0 Å². The molecule has 0 aliphatic heterocycles. The van der Waals surface area contributed by atoms with Crippen LogP contribution in [0.3, 0.4) is 0 Å². The molecule has 62 valence electrons. The lowest BCUT2D eigenvalue weighted by atomic mass is 10.2. The largest absolute Gasteiger partial charge is 0.364 e. The SMILES string of the molecule is COC(Cl)C(Cl)CCCCl. The first-order valence-corrected chi connectivity index (χ1v) is 4.50. The lowest BCUT2D eigenvalue weighted by Crippen LogP contribution is -2.16. The van der Waals surface area contributed by atoms with Gasteiger partial charge < -0.3 is 4.74 Å². The molecule has 0 radical (unpaired) electrons. The highest BCUT2D eigenvalue weighted by Crippen LogP contribution is 2.16. The molecule has 0 aliphatic rings. The van der Waals surface area contributed by atoms with Gasteiger partial charge in [-0.25, -0.2) is 0 Å². The third-order valence-corrected chi connectivity index (χ3v) is 2.45. The van der Waals surface area contributed by atoms with Crippen LogP contribution in [0.4, 0.5) is 0 Å². The highest BCUT2D eigenvalue weighted by atomic mass is 35.5. The maximum atomic E-state index is 5.79. The van der Waals surface area contributed by atoms with E-state index in [1.807, 2.05) is 0 Å². The zero-order valence-corrected chi connectivity index (χ0v) is 8.09. The molecule has 2 unspecified atom stereocenters. The van der Waals surface area contributed by atoms with E-state index in [1.54, 1.807) is 0 Å². The van der Waals surface area contributed by atoms with Crippen LogP contribution in [0, 0.1) is 0 Å². The summed E-state index contributed by atoms with van der Waals surface area (Å²) in [4.78, 5) is 0. The fourth-order valence-corrected chi connectivity index (χ4v) is 1.09. The Morgan fingerprint density at radius 2 is 2.00 bits per heavy atom. The highest BCUT2D eigenvalue weighted by molar-refractivity contribution is 6.29. The summed E-state index contributed by atoms with van der Waals surface area (Å²) < 4.78 is 4.80. The molecule has 0 aromatic carbocycles. The van der Waals surface area contributed by atoms with Gasteiger partial charge in [0.25, 0.3) is 0 Å². The summed E-state index contributed by atoms with van der Waals surface area (Å²) in [5.74, 6) is 0.622. The first-order valence-electron chi connectivity index (χ1n) is 3.09. The van der Waals surface area contributed by atoms with Gasteiger partial charge in [0, 0.05) is 13.0 Å². The van der Waals surface area contributed by atoms with Gasteiger partial charge in [0.15, 0.2) is 0 Å². The number of alkyl halides is 3. The normalized spacial score (nSPS) is 16.8. The second-order valence-electron chi connectivity index (χ2n) is 1.93. The van der Waals surface area contributed by atoms with Crippen molar-refractivity contribution in [1.29, 1.82) is 0 Å². The van der Waals surface area contributed by atoms with Crippen LogP contribution in [-0.4, -0.2) is 23.9 Å². The van der Waals surface area contributed by atoms with Gasteiger partial charge >= 0.3 is 0 Å². The minimum Gasteiger partial charge on any atom is -0.364 e. The molecule has 0 saturated heterocycles. The predicted octanol–water partition coefficient (Wildman–Crippen LogP) is 2.82. The molecule has 0 N–H and O–H groups in total. The molecule has 0 aromatic rings. The lowest BCUT2D eigenvalue weighted by molar-refractivity contribution is 0.161. The van der Waals surface area contributed by atoms with E-state index in [9.17, 15) is 0 Å². The van der Waals surface area contributed by atoms with E-state index < -0.39 is 5.56 Å². The van der Waals surface area contributed by atoms with Gasteiger partial charge in [-0.2, -0.15) is 0 Å². The molecule has 2 atom stereocenters. The van der Waals surface area contributed by atoms with Gasteiger partial charge in [-0.1, -0.05) is 11.6 Å². The van der Waals surface area contributed by atoms with E-state index in [4.69, 9.17) is 39.5 Å². The molecule has 0 amide bonds. The monoisotopic (exact) mass is 204 g/mol. The highest BCUT2D eigenvalue weighted by Gasteiger charge is 2.14. The Hall–Kier alpha value is 0.830. The number of rotatable bonds is 5. The second-order valence-corrected chi connectivity index (χ2v) is 3.30. The molecule has 0 spiro atoms. The van der Waals surface area contributed by atoms with Crippen LogP contribution in [0.5, 0.6) is 0 Å². The predicted molar refractivity (Wildman–Crippen MR) is 46.2 cm³/mol. The Kier molecular flexibility index (Phi) is 7.08. The molecule has 0 heterocycles. The fourth-order valence-electron chi connectivity index (χ4n) is 0.551. The van der Waals surface area contributed by atoms with E-state index in [0.29, 0.717) is 5.88 Å². The molecule has 0 aromatic heterocycles. The third-order valence-electron chi connectivity index (χ3n) is 1.12. The van der Waals surface area contributed by atoms with Crippen molar-refractivity contribution in [3.63, 3.8) is 0 Å². The minimum atomic E-state index is -0.398. The Labute approximate surface area is 76.6 Å². The van der Waals surface area contributed by atoms with Gasteiger partial charge in [-0.05, 0) is 12.8 Å². The molecule has 4 heteroatoms. The molecule has 0 saturated carbocycles. The van der Waals surface area contributed by atoms with Crippen LogP contribution in [0.2, 0.25) is 0 Å². The molecule has 1 nitrogen and oxygen atoms in total. The van der Waals surface area contributed by atoms with Crippen LogP contribution in [-0.2, 0) is 4.74 Å². The average Bonchev–Trinajstić information content (AvgIpc) is 1.98. The summed E-state index contributed by atoms with van der Waals surface area (Å²) in [5, 5.41) is -0.134. The quantitative estimate of drug-likeness (QED) is 0.627. The zero-order valence-electron chi connectivity index (χ0n) is 5.82. The van der Waals surface area contributed by atoms with Crippen molar-refractivity contribution in [1.82, 2.24) is 0 Å². The second kappa shape index (κ2) is 6.53. The molecule has 0 rings (SSSR count).